The summed E-state index contributed by atoms with van der Waals surface area (Å²) in [6, 6.07) is 11.7. The maximum absolute atomic E-state index is 15.6. The molecule has 1 saturated heterocycles. The molecule has 232 valence electrons. The first kappa shape index (κ1) is 30.8. The summed E-state index contributed by atoms with van der Waals surface area (Å²) < 4.78 is 17.1. The molecule has 6 rings (SSSR count). The number of halogens is 2. The van der Waals surface area contributed by atoms with E-state index in [2.05, 4.69) is 16.9 Å². The average molecular weight is 647 g/mol. The Hall–Kier alpha value is -4.22. The molecule has 1 fully saturated rings. The van der Waals surface area contributed by atoms with Gasteiger partial charge in [-0.25, -0.2) is 18.7 Å². The lowest BCUT2D eigenvalue weighted by molar-refractivity contribution is -0.126. The molecule has 12 heteroatoms. The second-order valence-corrected chi connectivity index (χ2v) is 13.0. The third-order valence-electron chi connectivity index (χ3n) is 8.17. The Morgan fingerprint density at radius 2 is 1.96 bits per heavy atom. The predicted molar refractivity (Wildman–Crippen MR) is 177 cm³/mol. The van der Waals surface area contributed by atoms with Crippen molar-refractivity contribution in [3.05, 3.63) is 82.0 Å². The summed E-state index contributed by atoms with van der Waals surface area (Å²) in [6.07, 6.45) is 1.45. The van der Waals surface area contributed by atoms with Gasteiger partial charge in [0.05, 0.1) is 33.0 Å². The predicted octanol–water partition coefficient (Wildman–Crippen LogP) is 6.02. The highest BCUT2D eigenvalue weighted by molar-refractivity contribution is 7.99. The van der Waals surface area contributed by atoms with E-state index in [1.807, 2.05) is 43.9 Å². The van der Waals surface area contributed by atoms with Gasteiger partial charge in [0, 0.05) is 42.7 Å². The second-order valence-electron chi connectivity index (χ2n) is 11.4. The number of hydrogen-bond donors (Lipinski definition) is 1. The number of amides is 2. The summed E-state index contributed by atoms with van der Waals surface area (Å²) in [7, 11) is 0. The molecule has 4 heterocycles. The fourth-order valence-electron chi connectivity index (χ4n) is 6.00. The van der Waals surface area contributed by atoms with Crippen LogP contribution in [0.5, 0.6) is 0 Å². The Kier molecular flexibility index (Phi) is 8.41. The first-order chi connectivity index (χ1) is 21.6. The van der Waals surface area contributed by atoms with Crippen LogP contribution in [-0.2, 0) is 9.59 Å². The Morgan fingerprint density at radius 1 is 1.18 bits per heavy atom. The molecule has 0 spiro atoms. The van der Waals surface area contributed by atoms with Gasteiger partial charge < -0.3 is 15.1 Å². The van der Waals surface area contributed by atoms with Gasteiger partial charge >= 0.3 is 5.69 Å². The van der Waals surface area contributed by atoms with E-state index in [-0.39, 0.29) is 57.8 Å². The lowest BCUT2D eigenvalue weighted by Crippen LogP contribution is -2.54. The minimum atomic E-state index is -0.617. The van der Waals surface area contributed by atoms with E-state index in [4.69, 9.17) is 16.6 Å². The van der Waals surface area contributed by atoms with Crippen molar-refractivity contribution in [1.29, 1.82) is 0 Å². The van der Waals surface area contributed by atoms with Crippen LogP contribution in [0.3, 0.4) is 0 Å². The van der Waals surface area contributed by atoms with Gasteiger partial charge in [-0.05, 0) is 48.7 Å². The minimum absolute atomic E-state index is 0.0293. The molecule has 0 unspecified atom stereocenters. The zero-order valence-electron chi connectivity index (χ0n) is 25.1. The summed E-state index contributed by atoms with van der Waals surface area (Å²) in [5.41, 5.74) is 1.58. The molecule has 2 amide bonds. The van der Waals surface area contributed by atoms with Crippen molar-refractivity contribution < 1.29 is 14.0 Å². The normalized spacial score (nSPS) is 16.8. The topological polar surface area (TPSA) is 100 Å². The van der Waals surface area contributed by atoms with Gasteiger partial charge in [-0.15, -0.1) is 11.8 Å². The molecule has 0 radical (unpaired) electrons. The van der Waals surface area contributed by atoms with Crippen LogP contribution in [0.4, 0.5) is 15.9 Å². The van der Waals surface area contributed by atoms with Crippen molar-refractivity contribution in [2.24, 2.45) is 0 Å². The number of carbonyl (C=O) groups excluding carboxylic acids is 2. The van der Waals surface area contributed by atoms with Gasteiger partial charge in [0.15, 0.2) is 5.65 Å². The molecule has 2 aromatic heterocycles. The number of aromatic nitrogens is 3. The molecule has 2 bridgehead atoms. The molecule has 1 N–H and O–H groups in total. The van der Waals surface area contributed by atoms with E-state index in [9.17, 15) is 14.4 Å². The summed E-state index contributed by atoms with van der Waals surface area (Å²) in [4.78, 5) is 53.7. The fraction of sp³-hybridized carbons (Fsp3) is 0.303. The molecule has 0 saturated carbocycles. The summed E-state index contributed by atoms with van der Waals surface area (Å²) in [5, 5.41) is 3.47. The van der Waals surface area contributed by atoms with Gasteiger partial charge in [0.25, 0.3) is 0 Å². The molecule has 0 aliphatic carbocycles. The molecule has 9 nitrogen and oxygen atoms in total. The van der Waals surface area contributed by atoms with E-state index in [0.29, 0.717) is 42.3 Å². The van der Waals surface area contributed by atoms with E-state index in [1.165, 1.54) is 34.5 Å². The maximum atomic E-state index is 15.6. The number of piperazine rings is 1. The number of rotatable bonds is 3. The Bertz CT molecular complexity index is 1930. The zero-order valence-corrected chi connectivity index (χ0v) is 26.7. The van der Waals surface area contributed by atoms with Crippen LogP contribution < -0.4 is 15.9 Å². The van der Waals surface area contributed by atoms with Gasteiger partial charge in [-0.3, -0.25) is 9.59 Å². The van der Waals surface area contributed by atoms with Crippen LogP contribution in [0.15, 0.2) is 64.8 Å². The SMILES string of the molecule is C=CC(=O)N1CCN(c2nc(=O)n3c4nc(c(Cl)cc24)-c2c(F)cccc2NC(=O)CCSc2cccc(C(C)C)c2-3)[C@H](C)C1. The van der Waals surface area contributed by atoms with Crippen molar-refractivity contribution in [1.82, 2.24) is 19.4 Å². The molecule has 1 atom stereocenters. The van der Waals surface area contributed by atoms with Crippen molar-refractivity contribution in [2.75, 3.05) is 35.6 Å². The minimum Gasteiger partial charge on any atom is -0.350 e. The first-order valence-electron chi connectivity index (χ1n) is 14.7. The van der Waals surface area contributed by atoms with E-state index in [0.717, 1.165) is 10.5 Å². The zero-order chi connectivity index (χ0) is 32.0. The quantitative estimate of drug-likeness (QED) is 0.272. The van der Waals surface area contributed by atoms with E-state index >= 15 is 4.39 Å². The summed E-state index contributed by atoms with van der Waals surface area (Å²) >= 11 is 8.36. The van der Waals surface area contributed by atoms with Crippen LogP contribution in [-0.4, -0.2) is 62.7 Å². The summed E-state index contributed by atoms with van der Waals surface area (Å²) in [6.45, 7) is 10.9. The number of hydrogen-bond acceptors (Lipinski definition) is 7. The van der Waals surface area contributed by atoms with Crippen LogP contribution in [0.25, 0.3) is 28.0 Å². The highest BCUT2D eigenvalue weighted by Gasteiger charge is 2.31. The van der Waals surface area contributed by atoms with Crippen molar-refractivity contribution >= 4 is 57.7 Å². The maximum Gasteiger partial charge on any atom is 0.355 e. The van der Waals surface area contributed by atoms with Gasteiger partial charge in [0.2, 0.25) is 11.8 Å². The van der Waals surface area contributed by atoms with Crippen molar-refractivity contribution in [3.8, 4) is 16.9 Å². The van der Waals surface area contributed by atoms with Crippen LogP contribution in [0.1, 0.15) is 38.7 Å². The highest BCUT2D eigenvalue weighted by atomic mass is 35.5. The van der Waals surface area contributed by atoms with Crippen molar-refractivity contribution in [2.45, 2.75) is 44.0 Å². The highest BCUT2D eigenvalue weighted by Crippen LogP contribution is 2.40. The van der Waals surface area contributed by atoms with Crippen LogP contribution in [0, 0.1) is 5.82 Å². The lowest BCUT2D eigenvalue weighted by atomic mass is 10.0. The van der Waals surface area contributed by atoms with Gasteiger partial charge in [-0.1, -0.05) is 50.2 Å². The number of nitrogens with one attached hydrogen (secondary N) is 1. The number of fused-ring (bicyclic) bond motifs is 5. The number of thioether (sulfide) groups is 1. The van der Waals surface area contributed by atoms with Crippen LogP contribution >= 0.6 is 23.4 Å². The standard InChI is InChI=1S/C33H32ClFN6O3S/c1-5-27(43)39-13-14-40(19(4)17-39)31-21-16-22(34)29-28-23(35)9-7-10-24(28)36-26(42)12-15-45-25-11-6-8-20(18(2)3)30(25)41(32(21)37-29)33(44)38-31/h5-11,16,18-19H,1,12-15,17H2,2-4H3,(H,36,42)/t19-/m1/s1. The molecule has 4 aromatic rings. The van der Waals surface area contributed by atoms with E-state index in [1.54, 1.807) is 17.0 Å². The Balaban J connectivity index is 1.69. The Labute approximate surface area is 269 Å². The van der Waals surface area contributed by atoms with Gasteiger partial charge in [-0.2, -0.15) is 4.98 Å². The number of carbonyl (C=O) groups is 2. The molecule has 2 aliphatic heterocycles. The third-order valence-corrected chi connectivity index (χ3v) is 9.51. The second kappa shape index (κ2) is 12.3. The third kappa shape index (κ3) is 5.59. The van der Waals surface area contributed by atoms with E-state index < -0.39 is 11.5 Å². The molecular weight excluding hydrogens is 615 g/mol. The molecule has 2 aliphatic rings. The monoisotopic (exact) mass is 646 g/mol. The van der Waals surface area contributed by atoms with Gasteiger partial charge in [0.1, 0.15) is 11.6 Å². The number of benzene rings is 2. The van der Waals surface area contributed by atoms with Crippen LogP contribution in [0.2, 0.25) is 5.02 Å². The average Bonchev–Trinajstić information content (AvgIpc) is 3.01. The lowest BCUT2D eigenvalue weighted by Gasteiger charge is -2.40. The fourth-order valence-corrected chi connectivity index (χ4v) is 7.27. The largest absolute Gasteiger partial charge is 0.355 e. The first-order valence-corrected chi connectivity index (χ1v) is 16.1. The number of para-hydroxylation sites is 1. The smallest absolute Gasteiger partial charge is 0.350 e. The number of nitrogens with zero attached hydrogens (tertiary/aromatic N) is 5. The number of pyridine rings is 1. The molecule has 2 aromatic carbocycles. The summed E-state index contributed by atoms with van der Waals surface area (Å²) in [5.74, 6) is -0.229. The number of anilines is 2. The molecular formula is C33H32ClFN6O3S. The molecule has 45 heavy (non-hydrogen) atoms. The Morgan fingerprint density at radius 3 is 2.69 bits per heavy atom. The van der Waals surface area contributed by atoms with Crippen molar-refractivity contribution in [3.63, 3.8) is 0 Å².